The Morgan fingerprint density at radius 2 is 1.67 bits per heavy atom. The summed E-state index contributed by atoms with van der Waals surface area (Å²) in [6.45, 7) is 2.04. The summed E-state index contributed by atoms with van der Waals surface area (Å²) in [5, 5.41) is 4.52. The summed E-state index contributed by atoms with van der Waals surface area (Å²) in [5.41, 5.74) is 11.7. The first-order chi connectivity index (χ1) is 11.7. The summed E-state index contributed by atoms with van der Waals surface area (Å²) in [6.07, 6.45) is 1.01. The Labute approximate surface area is 150 Å². The van der Waals surface area contributed by atoms with Gasteiger partial charge in [0.1, 0.15) is 0 Å². The number of benzene rings is 3. The quantitative estimate of drug-likeness (QED) is 0.351. The van der Waals surface area contributed by atoms with Crippen molar-refractivity contribution in [2.75, 3.05) is 5.43 Å². The fourth-order valence-corrected chi connectivity index (χ4v) is 3.37. The van der Waals surface area contributed by atoms with Gasteiger partial charge in [0.25, 0.3) is 0 Å². The van der Waals surface area contributed by atoms with Gasteiger partial charge in [0.2, 0.25) is 0 Å². The van der Waals surface area contributed by atoms with E-state index in [0.717, 1.165) is 27.9 Å². The summed E-state index contributed by atoms with van der Waals surface area (Å²) in [6, 6.07) is 23.3. The van der Waals surface area contributed by atoms with Crippen LogP contribution in [0.25, 0.3) is 11.1 Å². The van der Waals surface area contributed by atoms with Gasteiger partial charge in [-0.05, 0) is 71.5 Å². The van der Waals surface area contributed by atoms with E-state index in [1.807, 2.05) is 31.2 Å². The van der Waals surface area contributed by atoms with Crippen molar-refractivity contribution in [3.05, 3.63) is 87.9 Å². The Balaban J connectivity index is 1.58. The van der Waals surface area contributed by atoms with E-state index in [0.29, 0.717) is 0 Å². The Kier molecular flexibility index (Phi) is 3.95. The maximum absolute atomic E-state index is 4.52. The number of halogens is 1. The average molecular weight is 377 g/mol. The molecule has 0 aliphatic heterocycles. The van der Waals surface area contributed by atoms with Crippen LogP contribution in [0.15, 0.2) is 76.3 Å². The van der Waals surface area contributed by atoms with Crippen LogP contribution < -0.4 is 5.43 Å². The zero-order chi connectivity index (χ0) is 16.5. The molecule has 2 nitrogen and oxygen atoms in total. The molecule has 1 N–H and O–H groups in total. The normalized spacial score (nSPS) is 12.7. The molecule has 0 saturated carbocycles. The molecule has 0 spiro atoms. The third kappa shape index (κ3) is 2.87. The number of hydrogen-bond donors (Lipinski definition) is 1. The van der Waals surface area contributed by atoms with Gasteiger partial charge in [-0.2, -0.15) is 5.10 Å². The van der Waals surface area contributed by atoms with Crippen molar-refractivity contribution in [1.29, 1.82) is 0 Å². The van der Waals surface area contributed by atoms with E-state index in [4.69, 9.17) is 0 Å². The SMILES string of the molecule is CC(=NNc1ccc(Br)cc1)c1ccc2c(c1)Cc1ccccc1-2. The first-order valence-electron chi connectivity index (χ1n) is 7.98. The van der Waals surface area contributed by atoms with Crippen LogP contribution in [0, 0.1) is 0 Å². The second-order valence-corrected chi connectivity index (χ2v) is 6.94. The molecule has 0 unspecified atom stereocenters. The summed E-state index contributed by atoms with van der Waals surface area (Å²) < 4.78 is 1.06. The highest BCUT2D eigenvalue weighted by molar-refractivity contribution is 9.10. The van der Waals surface area contributed by atoms with Gasteiger partial charge in [0, 0.05) is 4.47 Å². The maximum atomic E-state index is 4.52. The van der Waals surface area contributed by atoms with Crippen molar-refractivity contribution in [3.8, 4) is 11.1 Å². The molecule has 0 radical (unpaired) electrons. The molecular weight excluding hydrogens is 360 g/mol. The molecule has 0 heterocycles. The van der Waals surface area contributed by atoms with E-state index in [1.54, 1.807) is 0 Å². The molecular formula is C21H17BrN2. The van der Waals surface area contributed by atoms with Gasteiger partial charge in [-0.1, -0.05) is 52.3 Å². The molecule has 3 aromatic rings. The van der Waals surface area contributed by atoms with E-state index in [9.17, 15) is 0 Å². The molecule has 24 heavy (non-hydrogen) atoms. The molecule has 1 aliphatic rings. The number of anilines is 1. The van der Waals surface area contributed by atoms with Gasteiger partial charge in [-0.15, -0.1) is 0 Å². The average Bonchev–Trinajstić information content (AvgIpc) is 2.98. The number of fused-ring (bicyclic) bond motifs is 3. The number of nitrogens with zero attached hydrogens (tertiary/aromatic N) is 1. The Morgan fingerprint density at radius 3 is 2.50 bits per heavy atom. The van der Waals surface area contributed by atoms with Crippen LogP contribution in [0.1, 0.15) is 23.6 Å². The Morgan fingerprint density at radius 1 is 0.917 bits per heavy atom. The van der Waals surface area contributed by atoms with Crippen molar-refractivity contribution in [2.24, 2.45) is 5.10 Å². The van der Waals surface area contributed by atoms with E-state index < -0.39 is 0 Å². The van der Waals surface area contributed by atoms with Crippen molar-refractivity contribution in [2.45, 2.75) is 13.3 Å². The topological polar surface area (TPSA) is 24.4 Å². The highest BCUT2D eigenvalue weighted by atomic mass is 79.9. The van der Waals surface area contributed by atoms with Crippen molar-refractivity contribution in [1.82, 2.24) is 0 Å². The summed E-state index contributed by atoms with van der Waals surface area (Å²) in [7, 11) is 0. The van der Waals surface area contributed by atoms with Gasteiger partial charge in [-0.3, -0.25) is 5.43 Å². The lowest BCUT2D eigenvalue weighted by Gasteiger charge is -2.06. The van der Waals surface area contributed by atoms with E-state index in [2.05, 4.69) is 68.9 Å². The molecule has 0 bridgehead atoms. The van der Waals surface area contributed by atoms with Crippen LogP contribution in [0.2, 0.25) is 0 Å². The zero-order valence-electron chi connectivity index (χ0n) is 13.4. The number of rotatable bonds is 3. The lowest BCUT2D eigenvalue weighted by Crippen LogP contribution is -2.00. The van der Waals surface area contributed by atoms with Crippen LogP contribution in [0.4, 0.5) is 5.69 Å². The summed E-state index contributed by atoms with van der Waals surface area (Å²) in [5.74, 6) is 0. The number of hydrazone groups is 1. The molecule has 0 amide bonds. The second-order valence-electron chi connectivity index (χ2n) is 6.02. The van der Waals surface area contributed by atoms with Crippen LogP contribution in [-0.4, -0.2) is 5.71 Å². The highest BCUT2D eigenvalue weighted by Crippen LogP contribution is 2.36. The van der Waals surface area contributed by atoms with Crippen molar-refractivity contribution < 1.29 is 0 Å². The molecule has 1 aliphatic carbocycles. The third-order valence-electron chi connectivity index (χ3n) is 4.41. The zero-order valence-corrected chi connectivity index (χ0v) is 15.0. The lowest BCUT2D eigenvalue weighted by atomic mass is 10.0. The molecule has 0 atom stereocenters. The first-order valence-corrected chi connectivity index (χ1v) is 8.77. The van der Waals surface area contributed by atoms with Crippen molar-refractivity contribution >= 4 is 27.3 Å². The molecule has 3 heteroatoms. The summed E-state index contributed by atoms with van der Waals surface area (Å²) >= 11 is 3.44. The van der Waals surface area contributed by atoms with Crippen molar-refractivity contribution in [3.63, 3.8) is 0 Å². The van der Waals surface area contributed by atoms with Crippen LogP contribution in [0.5, 0.6) is 0 Å². The third-order valence-corrected chi connectivity index (χ3v) is 4.94. The van der Waals surface area contributed by atoms with Crippen LogP contribution in [-0.2, 0) is 6.42 Å². The smallest absolute Gasteiger partial charge is 0.0648 e. The van der Waals surface area contributed by atoms with Crippen LogP contribution >= 0.6 is 15.9 Å². The van der Waals surface area contributed by atoms with Gasteiger partial charge in [0.15, 0.2) is 0 Å². The predicted molar refractivity (Wildman–Crippen MR) is 105 cm³/mol. The Hall–Kier alpha value is -2.39. The largest absolute Gasteiger partial charge is 0.278 e. The standard InChI is InChI=1S/C21H17BrN2/c1-14(23-24-19-9-7-18(22)8-10-19)15-6-11-21-17(12-15)13-16-4-2-3-5-20(16)21/h2-12,24H,13H2,1H3. The number of nitrogens with one attached hydrogen (secondary N) is 1. The van der Waals surface area contributed by atoms with Gasteiger partial charge < -0.3 is 0 Å². The Bertz CT molecular complexity index is 927. The minimum absolute atomic E-state index is 0.978. The first kappa shape index (κ1) is 15.2. The van der Waals surface area contributed by atoms with E-state index >= 15 is 0 Å². The van der Waals surface area contributed by atoms with E-state index in [-0.39, 0.29) is 0 Å². The fraction of sp³-hybridized carbons (Fsp3) is 0.0952. The molecule has 3 aromatic carbocycles. The molecule has 118 valence electrons. The fourth-order valence-electron chi connectivity index (χ4n) is 3.11. The number of hydrogen-bond acceptors (Lipinski definition) is 2. The minimum atomic E-state index is 0.978. The molecule has 0 aromatic heterocycles. The minimum Gasteiger partial charge on any atom is -0.278 e. The molecule has 4 rings (SSSR count). The maximum Gasteiger partial charge on any atom is 0.0648 e. The monoisotopic (exact) mass is 376 g/mol. The molecule has 0 fully saturated rings. The van der Waals surface area contributed by atoms with Gasteiger partial charge in [0.05, 0.1) is 11.4 Å². The summed E-state index contributed by atoms with van der Waals surface area (Å²) in [4.78, 5) is 0. The van der Waals surface area contributed by atoms with Gasteiger partial charge >= 0.3 is 0 Å². The second kappa shape index (κ2) is 6.25. The molecule has 0 saturated heterocycles. The van der Waals surface area contributed by atoms with Gasteiger partial charge in [-0.25, -0.2) is 0 Å². The van der Waals surface area contributed by atoms with E-state index in [1.165, 1.54) is 22.3 Å². The highest BCUT2D eigenvalue weighted by Gasteiger charge is 2.18. The lowest BCUT2D eigenvalue weighted by molar-refractivity contribution is 1.25. The predicted octanol–water partition coefficient (Wildman–Crippen LogP) is 5.86. The van der Waals surface area contributed by atoms with Crippen LogP contribution in [0.3, 0.4) is 0 Å².